The van der Waals surface area contributed by atoms with Crippen molar-refractivity contribution < 1.29 is 4.79 Å². The second-order valence-corrected chi connectivity index (χ2v) is 5.49. The lowest BCUT2D eigenvalue weighted by Gasteiger charge is -2.47. The number of carbonyl (C=O) groups is 1. The Morgan fingerprint density at radius 2 is 1.80 bits per heavy atom. The molecule has 0 bridgehead atoms. The van der Waals surface area contributed by atoms with E-state index in [1.165, 1.54) is 19.3 Å². The van der Waals surface area contributed by atoms with Crippen molar-refractivity contribution in [2.45, 2.75) is 71.3 Å². The molecule has 1 atom stereocenters. The molecule has 1 aliphatic heterocycles. The van der Waals surface area contributed by atoms with Crippen molar-refractivity contribution in [3.05, 3.63) is 24.3 Å². The molecule has 2 fully saturated rings. The van der Waals surface area contributed by atoms with Gasteiger partial charge in [-0.15, -0.1) is 0 Å². The van der Waals surface area contributed by atoms with Crippen LogP contribution in [0.15, 0.2) is 24.3 Å². The van der Waals surface area contributed by atoms with E-state index in [0.29, 0.717) is 5.78 Å². The zero-order valence-corrected chi connectivity index (χ0v) is 13.6. The van der Waals surface area contributed by atoms with Gasteiger partial charge < -0.3 is 0 Å². The summed E-state index contributed by atoms with van der Waals surface area (Å²) in [5, 5.41) is 0. The van der Waals surface area contributed by atoms with E-state index in [2.05, 4.69) is 17.6 Å². The van der Waals surface area contributed by atoms with E-state index < -0.39 is 0 Å². The monoisotopic (exact) mass is 277 g/mol. The second kappa shape index (κ2) is 8.41. The fourth-order valence-electron chi connectivity index (χ4n) is 3.64. The van der Waals surface area contributed by atoms with Gasteiger partial charge in [0.15, 0.2) is 5.78 Å². The van der Waals surface area contributed by atoms with Gasteiger partial charge >= 0.3 is 0 Å². The van der Waals surface area contributed by atoms with Gasteiger partial charge in [0.05, 0.1) is 0 Å². The molecule has 1 heterocycles. The summed E-state index contributed by atoms with van der Waals surface area (Å²) in [7, 11) is 0. The van der Waals surface area contributed by atoms with Crippen molar-refractivity contribution in [3.8, 4) is 0 Å². The Bertz CT molecular complexity index is 352. The molecule has 114 valence electrons. The zero-order valence-electron chi connectivity index (χ0n) is 13.6. The summed E-state index contributed by atoms with van der Waals surface area (Å²) in [4.78, 5) is 15.1. The molecule has 20 heavy (non-hydrogen) atoms. The Balaban J connectivity index is 0.000000956. The standard InChI is InChI=1S/C16H25NO.C2H6/c1-3-14(4-2)16(11-7-6-10-15(16)18)17-12-8-5-9-13-17;1-2/h3-4H,1,5-13H2,2H3;1-2H3/b14-4+;/t16-;/m1./s1. The highest BCUT2D eigenvalue weighted by Gasteiger charge is 2.46. The van der Waals surface area contributed by atoms with Crippen LogP contribution in [0.5, 0.6) is 0 Å². The van der Waals surface area contributed by atoms with Gasteiger partial charge in [0, 0.05) is 6.42 Å². The maximum atomic E-state index is 12.6. The Morgan fingerprint density at radius 3 is 2.30 bits per heavy atom. The second-order valence-electron chi connectivity index (χ2n) is 5.49. The van der Waals surface area contributed by atoms with Crippen LogP contribution in [-0.2, 0) is 4.79 Å². The van der Waals surface area contributed by atoms with Crippen LogP contribution in [0, 0.1) is 0 Å². The highest BCUT2D eigenvalue weighted by Crippen LogP contribution is 2.39. The van der Waals surface area contributed by atoms with Crippen LogP contribution in [0.1, 0.15) is 65.7 Å². The molecule has 2 aliphatic rings. The van der Waals surface area contributed by atoms with Gasteiger partial charge in [0.1, 0.15) is 5.54 Å². The van der Waals surface area contributed by atoms with Crippen LogP contribution < -0.4 is 0 Å². The summed E-state index contributed by atoms with van der Waals surface area (Å²) in [6, 6.07) is 0. The number of Topliss-reactive ketones (excluding diaryl/α,β-unsaturated/α-hetero) is 1. The average molecular weight is 277 g/mol. The molecular formula is C18H31NO. The molecule has 1 saturated heterocycles. The van der Waals surface area contributed by atoms with E-state index in [-0.39, 0.29) is 5.54 Å². The number of rotatable bonds is 3. The molecular weight excluding hydrogens is 246 g/mol. The molecule has 0 amide bonds. The molecule has 0 spiro atoms. The number of allylic oxidation sites excluding steroid dienone is 1. The summed E-state index contributed by atoms with van der Waals surface area (Å²) in [5.41, 5.74) is 0.795. The molecule has 2 heteroatoms. The van der Waals surface area contributed by atoms with E-state index in [4.69, 9.17) is 0 Å². The molecule has 2 nitrogen and oxygen atoms in total. The molecule has 0 N–H and O–H groups in total. The SMILES string of the molecule is C=C/C(=C\C)[C@]1(N2CCCCC2)CCCCC1=O.CC. The van der Waals surface area contributed by atoms with Gasteiger partial charge in [-0.1, -0.05) is 45.4 Å². The van der Waals surface area contributed by atoms with E-state index >= 15 is 0 Å². The summed E-state index contributed by atoms with van der Waals surface area (Å²) < 4.78 is 0. The number of hydrogen-bond donors (Lipinski definition) is 0. The third-order valence-electron chi connectivity index (χ3n) is 4.56. The minimum absolute atomic E-state index is 0.338. The molecule has 2 rings (SSSR count). The number of hydrogen-bond acceptors (Lipinski definition) is 2. The van der Waals surface area contributed by atoms with Crippen molar-refractivity contribution in [2.24, 2.45) is 0 Å². The van der Waals surface area contributed by atoms with Crippen LogP contribution in [0.3, 0.4) is 0 Å². The lowest BCUT2D eigenvalue weighted by Crippen LogP contribution is -2.58. The van der Waals surface area contributed by atoms with Crippen LogP contribution >= 0.6 is 0 Å². The predicted molar refractivity (Wildman–Crippen MR) is 86.9 cm³/mol. The molecule has 0 aromatic heterocycles. The Morgan fingerprint density at radius 1 is 1.15 bits per heavy atom. The van der Waals surface area contributed by atoms with Crippen molar-refractivity contribution >= 4 is 5.78 Å². The molecule has 0 unspecified atom stereocenters. The van der Waals surface area contributed by atoms with Gasteiger partial charge in [-0.05, 0) is 51.3 Å². The van der Waals surface area contributed by atoms with Crippen molar-refractivity contribution in [1.82, 2.24) is 4.90 Å². The third kappa shape index (κ3) is 3.22. The third-order valence-corrected chi connectivity index (χ3v) is 4.56. The fourth-order valence-corrected chi connectivity index (χ4v) is 3.64. The fraction of sp³-hybridized carbons (Fsp3) is 0.722. The quantitative estimate of drug-likeness (QED) is 0.707. The van der Waals surface area contributed by atoms with Crippen LogP contribution in [0.25, 0.3) is 0 Å². The van der Waals surface area contributed by atoms with Crippen molar-refractivity contribution in [1.29, 1.82) is 0 Å². The zero-order chi connectivity index (χ0) is 15.0. The number of ketones is 1. The van der Waals surface area contributed by atoms with Crippen LogP contribution in [0.4, 0.5) is 0 Å². The lowest BCUT2D eigenvalue weighted by molar-refractivity contribution is -0.132. The topological polar surface area (TPSA) is 20.3 Å². The van der Waals surface area contributed by atoms with E-state index in [9.17, 15) is 4.79 Å². The molecule has 0 aromatic rings. The molecule has 1 saturated carbocycles. The Labute approximate surface area is 124 Å². The maximum absolute atomic E-state index is 12.6. The molecule has 1 aliphatic carbocycles. The van der Waals surface area contributed by atoms with E-state index in [1.807, 2.05) is 26.8 Å². The first-order valence-electron chi connectivity index (χ1n) is 8.33. The van der Waals surface area contributed by atoms with Gasteiger partial charge in [-0.2, -0.15) is 0 Å². The highest BCUT2D eigenvalue weighted by molar-refractivity contribution is 5.93. The first-order valence-corrected chi connectivity index (χ1v) is 8.33. The summed E-state index contributed by atoms with van der Waals surface area (Å²) >= 11 is 0. The lowest BCUT2D eigenvalue weighted by atomic mass is 9.73. The smallest absolute Gasteiger partial charge is 0.157 e. The van der Waals surface area contributed by atoms with Crippen molar-refractivity contribution in [3.63, 3.8) is 0 Å². The first kappa shape index (κ1) is 17.2. The number of nitrogens with zero attached hydrogens (tertiary/aromatic N) is 1. The van der Waals surface area contributed by atoms with Crippen molar-refractivity contribution in [2.75, 3.05) is 13.1 Å². The highest BCUT2D eigenvalue weighted by atomic mass is 16.1. The summed E-state index contributed by atoms with van der Waals surface area (Å²) in [6.07, 6.45) is 11.7. The van der Waals surface area contributed by atoms with Gasteiger partial charge in [0.25, 0.3) is 0 Å². The van der Waals surface area contributed by atoms with E-state index in [0.717, 1.165) is 44.3 Å². The van der Waals surface area contributed by atoms with E-state index in [1.54, 1.807) is 0 Å². The molecule has 0 radical (unpaired) electrons. The van der Waals surface area contributed by atoms with Crippen LogP contribution in [0.2, 0.25) is 0 Å². The number of likely N-dealkylation sites (tertiary alicyclic amines) is 1. The number of piperidine rings is 1. The van der Waals surface area contributed by atoms with Gasteiger partial charge in [-0.3, -0.25) is 9.69 Å². The summed E-state index contributed by atoms with van der Waals surface area (Å²) in [5.74, 6) is 0.420. The number of carbonyl (C=O) groups excluding carboxylic acids is 1. The Hall–Kier alpha value is -0.890. The van der Waals surface area contributed by atoms with Gasteiger partial charge in [-0.25, -0.2) is 0 Å². The minimum atomic E-state index is -0.338. The normalized spacial score (nSPS) is 28.6. The largest absolute Gasteiger partial charge is 0.297 e. The first-order chi connectivity index (χ1) is 9.75. The Kier molecular flexibility index (Phi) is 7.22. The average Bonchev–Trinajstić information content (AvgIpc) is 2.53. The predicted octanol–water partition coefficient (Wildman–Crippen LogP) is 4.51. The maximum Gasteiger partial charge on any atom is 0.157 e. The van der Waals surface area contributed by atoms with Crippen LogP contribution in [-0.4, -0.2) is 29.3 Å². The minimum Gasteiger partial charge on any atom is -0.297 e. The van der Waals surface area contributed by atoms with Gasteiger partial charge in [0.2, 0.25) is 0 Å². The summed E-state index contributed by atoms with van der Waals surface area (Å²) in [6.45, 7) is 12.1. The molecule has 0 aromatic carbocycles.